The van der Waals surface area contributed by atoms with E-state index >= 15 is 0 Å². The van der Waals surface area contributed by atoms with E-state index in [-0.39, 0.29) is 36.4 Å². The monoisotopic (exact) mass is 594 g/mol. The molecule has 2 aliphatic rings. The van der Waals surface area contributed by atoms with Crippen molar-refractivity contribution >= 4 is 44.8 Å². The van der Waals surface area contributed by atoms with E-state index in [0.717, 1.165) is 17.5 Å². The Morgan fingerprint density at radius 1 is 1.28 bits per heavy atom. The number of nitrogens with zero attached hydrogens (tertiary/aromatic N) is 2. The second kappa shape index (κ2) is 11.6. The Kier molecular flexibility index (Phi) is 8.31. The first-order valence-corrected chi connectivity index (χ1v) is 14.9. The molecule has 5 N–H and O–H groups in total. The van der Waals surface area contributed by atoms with Gasteiger partial charge in [-0.3, -0.25) is 8.98 Å². The van der Waals surface area contributed by atoms with Gasteiger partial charge in [-0.15, -0.1) is 11.3 Å². The first-order chi connectivity index (χ1) is 18.6. The van der Waals surface area contributed by atoms with Gasteiger partial charge in [-0.1, -0.05) is 17.7 Å². The molecule has 0 amide bonds. The average Bonchev–Trinajstić information content (AvgIpc) is 3.49. The minimum absolute atomic E-state index is 0.224. The molecule has 0 bridgehead atoms. The lowest BCUT2D eigenvalue weighted by molar-refractivity contribution is 0.0688. The maximum atomic E-state index is 13.6. The molecular formula is C25H27ClN4O7S2. The fraction of sp³-hybridized carbons (Fsp3) is 0.400. The molecule has 1 aliphatic heterocycles. The lowest BCUT2D eigenvalue weighted by Crippen LogP contribution is -2.24. The first kappa shape index (κ1) is 28.1. The number of carbonyl (C=O) groups excluding carboxylic acids is 1. The number of ether oxygens (including phenoxy) is 1. The zero-order valence-electron chi connectivity index (χ0n) is 20.6. The third kappa shape index (κ3) is 6.31. The van der Waals surface area contributed by atoms with Gasteiger partial charge >= 0.3 is 10.3 Å². The number of thiophene rings is 1. The van der Waals surface area contributed by atoms with E-state index in [9.17, 15) is 23.4 Å². The number of aliphatic hydroxyl groups is 2. The predicted molar refractivity (Wildman–Crippen MR) is 144 cm³/mol. The van der Waals surface area contributed by atoms with Crippen LogP contribution in [0.25, 0.3) is 0 Å². The minimum atomic E-state index is -4.12. The van der Waals surface area contributed by atoms with Crippen molar-refractivity contribution in [3.8, 4) is 0 Å². The molecule has 0 saturated heterocycles. The second-order valence-electron chi connectivity index (χ2n) is 9.52. The molecule has 0 radical (unpaired) electrons. The van der Waals surface area contributed by atoms with Gasteiger partial charge in [0, 0.05) is 33.6 Å². The molecule has 0 spiro atoms. The molecule has 14 heteroatoms. The van der Waals surface area contributed by atoms with Gasteiger partial charge in [-0.05, 0) is 48.6 Å². The number of hydrogen-bond donors (Lipinski definition) is 4. The van der Waals surface area contributed by atoms with Crippen molar-refractivity contribution in [1.82, 2.24) is 9.97 Å². The highest BCUT2D eigenvalue weighted by atomic mass is 35.5. The molecule has 3 aromatic rings. The topological polar surface area (TPSA) is 174 Å². The molecule has 1 aromatic carbocycles. The summed E-state index contributed by atoms with van der Waals surface area (Å²) in [6.07, 6.45) is 2.87. The second-order valence-corrected chi connectivity index (χ2v) is 12.3. The van der Waals surface area contributed by atoms with Gasteiger partial charge in [0.15, 0.2) is 0 Å². The van der Waals surface area contributed by atoms with Crippen molar-refractivity contribution in [2.75, 3.05) is 18.5 Å². The normalized spacial score (nSPS) is 23.0. The van der Waals surface area contributed by atoms with Gasteiger partial charge in [0.05, 0.1) is 36.4 Å². The summed E-state index contributed by atoms with van der Waals surface area (Å²) in [5.41, 5.74) is 2.94. The molecule has 1 fully saturated rings. The van der Waals surface area contributed by atoms with Crippen LogP contribution in [0.3, 0.4) is 0 Å². The Morgan fingerprint density at radius 2 is 2.10 bits per heavy atom. The number of nitrogens with two attached hydrogens (primary N) is 1. The van der Waals surface area contributed by atoms with Crippen molar-refractivity contribution in [3.05, 3.63) is 73.8 Å². The highest BCUT2D eigenvalue weighted by molar-refractivity contribution is 7.84. The Morgan fingerprint density at radius 3 is 2.87 bits per heavy atom. The van der Waals surface area contributed by atoms with Gasteiger partial charge in [-0.2, -0.15) is 8.42 Å². The molecule has 208 valence electrons. The quantitative estimate of drug-likeness (QED) is 0.269. The van der Waals surface area contributed by atoms with Crippen molar-refractivity contribution in [2.24, 2.45) is 11.1 Å². The van der Waals surface area contributed by atoms with Crippen LogP contribution in [0.2, 0.25) is 5.02 Å². The van der Waals surface area contributed by atoms with Crippen LogP contribution in [0.15, 0.2) is 36.8 Å². The largest absolute Gasteiger partial charge is 0.393 e. The van der Waals surface area contributed by atoms with Crippen LogP contribution >= 0.6 is 22.9 Å². The van der Waals surface area contributed by atoms with Gasteiger partial charge in [-0.25, -0.2) is 15.1 Å². The molecule has 5 rings (SSSR count). The van der Waals surface area contributed by atoms with Crippen LogP contribution in [-0.2, 0) is 32.3 Å². The number of benzene rings is 1. The molecule has 11 nitrogen and oxygen atoms in total. The molecular weight excluding hydrogens is 568 g/mol. The number of fused-ring (bicyclic) bond motifs is 1. The van der Waals surface area contributed by atoms with Gasteiger partial charge in [0.2, 0.25) is 5.78 Å². The van der Waals surface area contributed by atoms with E-state index in [1.54, 1.807) is 6.07 Å². The number of rotatable bonds is 9. The zero-order chi connectivity index (χ0) is 27.7. The molecule has 3 heterocycles. The van der Waals surface area contributed by atoms with E-state index in [4.69, 9.17) is 21.5 Å². The summed E-state index contributed by atoms with van der Waals surface area (Å²) in [7, 11) is -4.12. The SMILES string of the molecule is NS(=O)(=O)OC[C@H]1C[C@@H](Nc2ncncc2C(=O)c2cc(C3OCCc4ccc(Cl)cc43)c(CO)s2)C[C@@H]1O. The van der Waals surface area contributed by atoms with Crippen LogP contribution in [0.1, 0.15) is 55.7 Å². The number of aromatic nitrogens is 2. The maximum absolute atomic E-state index is 13.6. The van der Waals surface area contributed by atoms with Crippen LogP contribution < -0.4 is 10.5 Å². The summed E-state index contributed by atoms with van der Waals surface area (Å²) in [5, 5.41) is 29.1. The first-order valence-electron chi connectivity index (χ1n) is 12.2. The predicted octanol–water partition coefficient (Wildman–Crippen LogP) is 2.35. The highest BCUT2D eigenvalue weighted by Crippen LogP contribution is 2.40. The summed E-state index contributed by atoms with van der Waals surface area (Å²) in [6.45, 7) is -0.00498. The number of halogens is 1. The molecule has 1 unspecified atom stereocenters. The van der Waals surface area contributed by atoms with E-state index in [1.807, 2.05) is 18.2 Å². The van der Waals surface area contributed by atoms with Crippen molar-refractivity contribution in [1.29, 1.82) is 0 Å². The number of aliphatic hydroxyl groups excluding tert-OH is 2. The Bertz CT molecular complexity index is 1480. The summed E-state index contributed by atoms with van der Waals surface area (Å²) in [5.74, 6) is -0.508. The lowest BCUT2D eigenvalue weighted by atomic mass is 9.93. The maximum Gasteiger partial charge on any atom is 0.333 e. The third-order valence-corrected chi connectivity index (χ3v) is 8.77. The number of ketones is 1. The molecule has 1 saturated carbocycles. The Hall–Kier alpha value is -2.49. The third-order valence-electron chi connectivity index (χ3n) is 6.94. The average molecular weight is 595 g/mol. The lowest BCUT2D eigenvalue weighted by Gasteiger charge is -2.26. The van der Waals surface area contributed by atoms with Gasteiger partial charge in [0.1, 0.15) is 18.2 Å². The van der Waals surface area contributed by atoms with Crippen molar-refractivity contribution in [3.63, 3.8) is 0 Å². The number of hydrogen-bond acceptors (Lipinski definition) is 11. The zero-order valence-corrected chi connectivity index (χ0v) is 23.0. The summed E-state index contributed by atoms with van der Waals surface area (Å²) >= 11 is 7.42. The standard InChI is InChI=1S/C25H27ClN4O7S2/c26-15-2-1-13-3-4-36-24(17(13)6-15)18-8-21(38-22(18)10-31)23(33)19-9-28-12-29-25(19)30-16-5-14(20(32)7-16)11-37-39(27,34)35/h1-2,6,8-9,12,14,16,20,24,31-32H,3-5,7,10-11H2,(H2,27,34,35)(H,28,29,30)/t14-,16-,20+,24?/m1/s1. The van der Waals surface area contributed by atoms with E-state index in [1.165, 1.54) is 23.9 Å². The highest BCUT2D eigenvalue weighted by Gasteiger charge is 2.35. The van der Waals surface area contributed by atoms with Crippen molar-refractivity contribution < 1.29 is 32.3 Å². The van der Waals surface area contributed by atoms with Crippen LogP contribution in [0.5, 0.6) is 0 Å². The summed E-state index contributed by atoms with van der Waals surface area (Å²) in [4.78, 5) is 22.9. The molecule has 1 aliphatic carbocycles. The Balaban J connectivity index is 1.37. The van der Waals surface area contributed by atoms with E-state index < -0.39 is 28.4 Å². The number of anilines is 1. The summed E-state index contributed by atoms with van der Waals surface area (Å²) in [6, 6.07) is 7.09. The fourth-order valence-electron chi connectivity index (χ4n) is 5.09. The summed E-state index contributed by atoms with van der Waals surface area (Å²) < 4.78 is 33.0. The van der Waals surface area contributed by atoms with E-state index in [0.29, 0.717) is 39.8 Å². The molecule has 2 aromatic heterocycles. The van der Waals surface area contributed by atoms with E-state index in [2.05, 4.69) is 19.5 Å². The molecule has 4 atom stereocenters. The smallest absolute Gasteiger partial charge is 0.333 e. The van der Waals surface area contributed by atoms with Crippen LogP contribution in [0, 0.1) is 5.92 Å². The van der Waals surface area contributed by atoms with Gasteiger partial charge in [0.25, 0.3) is 0 Å². The minimum Gasteiger partial charge on any atom is -0.393 e. The van der Waals surface area contributed by atoms with Crippen LogP contribution in [-0.4, -0.2) is 59.7 Å². The Labute approximate surface area is 234 Å². The van der Waals surface area contributed by atoms with Gasteiger partial charge < -0.3 is 20.3 Å². The molecule has 39 heavy (non-hydrogen) atoms. The van der Waals surface area contributed by atoms with Crippen molar-refractivity contribution in [2.45, 2.75) is 44.1 Å². The fourth-order valence-corrected chi connectivity index (χ4v) is 6.64. The number of carbonyl (C=O) groups is 1. The van der Waals surface area contributed by atoms with Crippen LogP contribution in [0.4, 0.5) is 5.82 Å². The number of nitrogens with one attached hydrogen (secondary N) is 1.